The lowest BCUT2D eigenvalue weighted by atomic mass is 10.1. The Labute approximate surface area is 173 Å². The Balaban J connectivity index is 2.12. The van der Waals surface area contributed by atoms with Gasteiger partial charge in [-0.2, -0.15) is 0 Å². The zero-order valence-electron chi connectivity index (χ0n) is 17.6. The molecule has 0 spiro atoms. The van der Waals surface area contributed by atoms with E-state index in [9.17, 15) is 9.59 Å². The van der Waals surface area contributed by atoms with Crippen LogP contribution < -0.4 is 5.32 Å². The fourth-order valence-corrected chi connectivity index (χ4v) is 4.65. The first-order valence-electron chi connectivity index (χ1n) is 10.4. The number of hydrogen-bond acceptors (Lipinski definition) is 4. The molecule has 6 heteroatoms. The normalized spacial score (nSPS) is 19.1. The zero-order chi connectivity index (χ0) is 20.5. The van der Waals surface area contributed by atoms with Crippen LogP contribution in [0.4, 0.5) is 10.5 Å². The van der Waals surface area contributed by atoms with Crippen LogP contribution in [0.5, 0.6) is 0 Å². The summed E-state index contributed by atoms with van der Waals surface area (Å²) in [4.78, 5) is 27.4. The van der Waals surface area contributed by atoms with Gasteiger partial charge in [-0.15, -0.1) is 11.8 Å². The van der Waals surface area contributed by atoms with Gasteiger partial charge < -0.3 is 10.1 Å². The number of benzene rings is 1. The van der Waals surface area contributed by atoms with Gasteiger partial charge >= 0.3 is 12.0 Å². The Morgan fingerprint density at radius 3 is 2.75 bits per heavy atom. The maximum absolute atomic E-state index is 13.1. The summed E-state index contributed by atoms with van der Waals surface area (Å²) in [6.07, 6.45) is 5.12. The minimum Gasteiger partial charge on any atom is -0.464 e. The Bertz CT molecular complexity index is 650. The van der Waals surface area contributed by atoms with Crippen LogP contribution in [-0.4, -0.2) is 40.7 Å². The fourth-order valence-electron chi connectivity index (χ4n) is 3.21. The van der Waals surface area contributed by atoms with Gasteiger partial charge in [-0.05, 0) is 36.5 Å². The molecule has 1 aliphatic heterocycles. The van der Waals surface area contributed by atoms with E-state index in [1.165, 1.54) is 5.56 Å². The molecule has 0 aliphatic carbocycles. The monoisotopic (exact) mass is 406 g/mol. The predicted octanol–water partition coefficient (Wildman–Crippen LogP) is 5.30. The van der Waals surface area contributed by atoms with E-state index in [2.05, 4.69) is 19.2 Å². The molecule has 1 N–H and O–H groups in total. The average molecular weight is 407 g/mol. The summed E-state index contributed by atoms with van der Waals surface area (Å²) in [6.45, 7) is 8.65. The first kappa shape index (κ1) is 22.6. The number of unbranched alkanes of at least 4 members (excludes halogenated alkanes) is 2. The Kier molecular flexibility index (Phi) is 9.16. The smallest absolute Gasteiger partial charge is 0.329 e. The number of esters is 1. The lowest BCUT2D eigenvalue weighted by Gasteiger charge is -2.28. The van der Waals surface area contributed by atoms with Crippen molar-refractivity contribution in [3.63, 3.8) is 0 Å². The Morgan fingerprint density at radius 1 is 1.29 bits per heavy atom. The van der Waals surface area contributed by atoms with Crippen LogP contribution >= 0.6 is 11.8 Å². The van der Waals surface area contributed by atoms with E-state index in [4.69, 9.17) is 4.74 Å². The molecule has 156 valence electrons. The van der Waals surface area contributed by atoms with Gasteiger partial charge in [-0.25, -0.2) is 9.59 Å². The van der Waals surface area contributed by atoms with Crippen LogP contribution in [0.15, 0.2) is 24.3 Å². The number of rotatable bonds is 9. The molecular weight excluding hydrogens is 372 g/mol. The van der Waals surface area contributed by atoms with Crippen molar-refractivity contribution < 1.29 is 14.3 Å². The number of urea groups is 1. The number of ether oxygens (including phenoxy) is 1. The molecule has 1 aromatic carbocycles. The summed E-state index contributed by atoms with van der Waals surface area (Å²) in [5.74, 6) is 0.574. The van der Waals surface area contributed by atoms with Crippen molar-refractivity contribution >= 4 is 29.4 Å². The third kappa shape index (κ3) is 6.43. The topological polar surface area (TPSA) is 58.6 Å². The molecular formula is C22H34N2O3S. The predicted molar refractivity (Wildman–Crippen MR) is 117 cm³/mol. The highest BCUT2D eigenvalue weighted by Gasteiger charge is 2.42. The molecule has 0 radical (unpaired) electrons. The minimum absolute atomic E-state index is 0.0116. The number of thioether (sulfide) groups is 1. The first-order chi connectivity index (χ1) is 13.5. The highest BCUT2D eigenvalue weighted by atomic mass is 32.2. The molecule has 0 unspecified atom stereocenters. The average Bonchev–Trinajstić information content (AvgIpc) is 3.10. The van der Waals surface area contributed by atoms with E-state index in [0.29, 0.717) is 12.4 Å². The van der Waals surface area contributed by atoms with E-state index < -0.39 is 6.04 Å². The third-order valence-corrected chi connectivity index (χ3v) is 6.15. The summed E-state index contributed by atoms with van der Waals surface area (Å²) < 4.78 is 5.45. The van der Waals surface area contributed by atoms with Gasteiger partial charge in [-0.3, -0.25) is 4.90 Å². The molecule has 2 rings (SSSR count). The fraction of sp³-hybridized carbons (Fsp3) is 0.636. The van der Waals surface area contributed by atoms with Gasteiger partial charge in [-0.1, -0.05) is 59.1 Å². The van der Waals surface area contributed by atoms with Gasteiger partial charge in [0.25, 0.3) is 0 Å². The molecule has 1 saturated heterocycles. The van der Waals surface area contributed by atoms with E-state index in [1.54, 1.807) is 16.7 Å². The van der Waals surface area contributed by atoms with Crippen LogP contribution in [0.2, 0.25) is 0 Å². The summed E-state index contributed by atoms with van der Waals surface area (Å²) in [5, 5.41) is 3.01. The SMILES string of the molecule is CCCCC[C@H]1SC[C@@H](C(=O)OCC(C)C)N1C(=O)Nc1cccc(CC)c1. The van der Waals surface area contributed by atoms with E-state index >= 15 is 0 Å². The Hall–Kier alpha value is -1.69. The number of anilines is 1. The second-order valence-electron chi connectivity index (χ2n) is 7.71. The van der Waals surface area contributed by atoms with Gasteiger partial charge in [0, 0.05) is 11.4 Å². The van der Waals surface area contributed by atoms with Gasteiger partial charge in [0.05, 0.1) is 12.0 Å². The number of nitrogens with one attached hydrogen (secondary N) is 1. The summed E-state index contributed by atoms with van der Waals surface area (Å²) in [5.41, 5.74) is 1.93. The molecule has 0 saturated carbocycles. The number of aryl methyl sites for hydroxylation is 1. The zero-order valence-corrected chi connectivity index (χ0v) is 18.4. The maximum atomic E-state index is 13.1. The van der Waals surface area contributed by atoms with Crippen molar-refractivity contribution in [1.82, 2.24) is 4.90 Å². The highest BCUT2D eigenvalue weighted by molar-refractivity contribution is 8.00. The molecule has 1 aliphatic rings. The largest absolute Gasteiger partial charge is 0.464 e. The molecule has 28 heavy (non-hydrogen) atoms. The Morgan fingerprint density at radius 2 is 2.07 bits per heavy atom. The van der Waals surface area contributed by atoms with Crippen molar-refractivity contribution in [2.45, 2.75) is 71.2 Å². The third-order valence-electron chi connectivity index (χ3n) is 4.80. The summed E-state index contributed by atoms with van der Waals surface area (Å²) in [7, 11) is 0. The standard InChI is InChI=1S/C22H34N2O3S/c1-5-7-8-12-20-24(19(15-28-20)21(25)27-14-16(3)4)22(26)23-18-11-9-10-17(6-2)13-18/h9-11,13,16,19-20H,5-8,12,14-15H2,1-4H3,(H,23,26)/t19-,20+/m0/s1. The van der Waals surface area contributed by atoms with Gasteiger partial charge in [0.1, 0.15) is 6.04 Å². The van der Waals surface area contributed by atoms with E-state index in [1.807, 2.05) is 38.1 Å². The second-order valence-corrected chi connectivity index (χ2v) is 8.93. The van der Waals surface area contributed by atoms with Crippen molar-refractivity contribution in [1.29, 1.82) is 0 Å². The first-order valence-corrected chi connectivity index (χ1v) is 11.5. The van der Waals surface area contributed by atoms with E-state index in [-0.39, 0.29) is 23.3 Å². The molecule has 2 atom stereocenters. The van der Waals surface area contributed by atoms with Crippen LogP contribution in [0.3, 0.4) is 0 Å². The van der Waals surface area contributed by atoms with Crippen molar-refractivity contribution in [2.24, 2.45) is 5.92 Å². The number of carbonyl (C=O) groups excluding carboxylic acids is 2. The van der Waals surface area contributed by atoms with Crippen molar-refractivity contribution in [2.75, 3.05) is 17.7 Å². The molecule has 2 amide bonds. The molecule has 1 heterocycles. The highest BCUT2D eigenvalue weighted by Crippen LogP contribution is 2.34. The van der Waals surface area contributed by atoms with Crippen molar-refractivity contribution in [3.8, 4) is 0 Å². The number of carbonyl (C=O) groups is 2. The van der Waals surface area contributed by atoms with Crippen molar-refractivity contribution in [3.05, 3.63) is 29.8 Å². The summed E-state index contributed by atoms with van der Waals surface area (Å²) >= 11 is 1.68. The summed E-state index contributed by atoms with van der Waals surface area (Å²) in [6, 6.07) is 7.12. The van der Waals surface area contributed by atoms with Crippen LogP contribution in [0.1, 0.15) is 58.9 Å². The minimum atomic E-state index is -0.523. The quantitative estimate of drug-likeness (QED) is 0.446. The number of hydrogen-bond donors (Lipinski definition) is 1. The molecule has 5 nitrogen and oxygen atoms in total. The van der Waals surface area contributed by atoms with Gasteiger partial charge in [0.2, 0.25) is 0 Å². The van der Waals surface area contributed by atoms with E-state index in [0.717, 1.165) is 37.8 Å². The molecule has 0 bridgehead atoms. The molecule has 1 fully saturated rings. The molecule has 0 aromatic heterocycles. The lowest BCUT2D eigenvalue weighted by Crippen LogP contribution is -2.48. The van der Waals surface area contributed by atoms with Gasteiger partial charge in [0.15, 0.2) is 0 Å². The molecule has 1 aromatic rings. The number of nitrogens with zero attached hydrogens (tertiary/aromatic N) is 1. The van der Waals surface area contributed by atoms with Crippen LogP contribution in [-0.2, 0) is 16.0 Å². The van der Waals surface area contributed by atoms with Crippen LogP contribution in [0, 0.1) is 5.92 Å². The number of amides is 2. The lowest BCUT2D eigenvalue weighted by molar-refractivity contribution is -0.149. The second kappa shape index (κ2) is 11.3. The maximum Gasteiger partial charge on any atom is 0.329 e. The van der Waals surface area contributed by atoms with Crippen LogP contribution in [0.25, 0.3) is 0 Å².